The Balaban J connectivity index is 3.03. The van der Waals surface area contributed by atoms with E-state index in [0.29, 0.717) is 11.0 Å². The van der Waals surface area contributed by atoms with Gasteiger partial charge in [-0.2, -0.15) is 0 Å². The van der Waals surface area contributed by atoms with Gasteiger partial charge in [-0.1, -0.05) is 28.1 Å². The molecule has 2 N–H and O–H groups in total. The quantitative estimate of drug-likeness (QED) is 0.640. The van der Waals surface area contributed by atoms with Gasteiger partial charge in [0.25, 0.3) is 0 Å². The van der Waals surface area contributed by atoms with Crippen LogP contribution in [0.3, 0.4) is 0 Å². The first-order chi connectivity index (χ1) is 8.60. The van der Waals surface area contributed by atoms with Gasteiger partial charge < -0.3 is 14.8 Å². The van der Waals surface area contributed by atoms with Crippen molar-refractivity contribution in [2.75, 3.05) is 0 Å². The Hall–Kier alpha value is -0.425. The molecule has 0 spiro atoms. The van der Waals surface area contributed by atoms with Crippen molar-refractivity contribution >= 4 is 28.5 Å². The Bertz CT molecular complexity index is 446. The number of aliphatic hydroxyl groups is 1. The van der Waals surface area contributed by atoms with Gasteiger partial charge in [0.1, 0.15) is 5.82 Å². The fraction of sp³-hybridized carbons (Fsp3) is 0.538. The minimum absolute atomic E-state index is 0.276. The third-order valence-corrected chi connectivity index (χ3v) is 4.00. The molecule has 0 aromatic heterocycles. The highest BCUT2D eigenvalue weighted by atomic mass is 79.9. The van der Waals surface area contributed by atoms with Crippen LogP contribution >= 0.6 is 15.9 Å². The maximum Gasteiger partial charge on any atom is 0.492 e. The summed E-state index contributed by atoms with van der Waals surface area (Å²) in [6.45, 7) is 6.53. The molecule has 0 bridgehead atoms. The van der Waals surface area contributed by atoms with Crippen LogP contribution in [0.1, 0.15) is 33.3 Å². The summed E-state index contributed by atoms with van der Waals surface area (Å²) in [4.78, 5) is 0. The number of hydrogen-bond donors (Lipinski definition) is 2. The lowest BCUT2D eigenvalue weighted by molar-refractivity contribution is -0.0982. The molecule has 0 heterocycles. The Labute approximate surface area is 122 Å². The van der Waals surface area contributed by atoms with Crippen LogP contribution < -0.4 is 5.46 Å². The second-order valence-electron chi connectivity index (χ2n) is 5.48. The minimum Gasteiger partial charge on any atom is -0.423 e. The first-order valence-electron chi connectivity index (χ1n) is 6.01. The van der Waals surface area contributed by atoms with E-state index in [1.165, 1.54) is 12.1 Å². The zero-order valence-electron chi connectivity index (χ0n) is 11.6. The van der Waals surface area contributed by atoms with Crippen molar-refractivity contribution in [3.8, 4) is 0 Å². The van der Waals surface area contributed by atoms with Crippen molar-refractivity contribution in [2.45, 2.75) is 44.2 Å². The van der Waals surface area contributed by atoms with Gasteiger partial charge in [-0.05, 0) is 44.8 Å². The van der Waals surface area contributed by atoms with Gasteiger partial charge in [0.05, 0.1) is 11.2 Å². The zero-order chi connectivity index (χ0) is 14.8. The normalized spacial score (nSPS) is 12.6. The minimum atomic E-state index is -1.30. The van der Waals surface area contributed by atoms with Crippen molar-refractivity contribution in [3.05, 3.63) is 29.6 Å². The van der Waals surface area contributed by atoms with E-state index in [-0.39, 0.29) is 5.33 Å². The van der Waals surface area contributed by atoms with Gasteiger partial charge in [-0.25, -0.2) is 4.39 Å². The van der Waals surface area contributed by atoms with E-state index >= 15 is 0 Å². The monoisotopic (exact) mass is 332 g/mol. The Morgan fingerprint density at radius 3 is 2.37 bits per heavy atom. The van der Waals surface area contributed by atoms with Gasteiger partial charge >= 0.3 is 7.12 Å². The molecule has 106 valence electrons. The van der Waals surface area contributed by atoms with Crippen LogP contribution in [0.2, 0.25) is 0 Å². The largest absolute Gasteiger partial charge is 0.492 e. The molecule has 0 unspecified atom stereocenters. The van der Waals surface area contributed by atoms with Crippen molar-refractivity contribution in [3.63, 3.8) is 0 Å². The summed E-state index contributed by atoms with van der Waals surface area (Å²) in [5.41, 5.74) is -1.42. The molecule has 0 aliphatic carbocycles. The number of alkyl halides is 1. The van der Waals surface area contributed by atoms with E-state index in [0.717, 1.165) is 0 Å². The summed E-state index contributed by atoms with van der Waals surface area (Å²) in [5.74, 6) is -0.405. The Morgan fingerprint density at radius 2 is 1.89 bits per heavy atom. The standard InChI is InChI=1S/C13H19BBrFO3/c1-12(2,17)13(3,4)19-14(18)10-6-5-7-11(16)9(10)8-15/h5-7,17-18H,8H2,1-4H3. The van der Waals surface area contributed by atoms with Crippen molar-refractivity contribution in [1.82, 2.24) is 0 Å². The second-order valence-corrected chi connectivity index (χ2v) is 6.04. The maximum atomic E-state index is 13.6. The highest BCUT2D eigenvalue weighted by molar-refractivity contribution is 9.08. The Morgan fingerprint density at radius 1 is 1.32 bits per heavy atom. The summed E-state index contributed by atoms with van der Waals surface area (Å²) >= 11 is 3.19. The molecule has 0 saturated heterocycles. The van der Waals surface area contributed by atoms with E-state index in [1.54, 1.807) is 33.8 Å². The molecule has 1 aromatic rings. The average Bonchev–Trinajstić information content (AvgIpc) is 2.26. The first kappa shape index (κ1) is 16.6. The van der Waals surface area contributed by atoms with E-state index in [1.807, 2.05) is 0 Å². The molecular weight excluding hydrogens is 314 g/mol. The number of halogens is 2. The van der Waals surface area contributed by atoms with Crippen LogP contribution in [0.5, 0.6) is 0 Å². The highest BCUT2D eigenvalue weighted by Gasteiger charge is 2.40. The number of hydrogen-bond acceptors (Lipinski definition) is 3. The average molecular weight is 333 g/mol. The van der Waals surface area contributed by atoms with Gasteiger partial charge in [0, 0.05) is 5.33 Å². The fourth-order valence-corrected chi connectivity index (χ4v) is 2.03. The van der Waals surface area contributed by atoms with Gasteiger partial charge in [0.2, 0.25) is 0 Å². The van der Waals surface area contributed by atoms with Crippen LogP contribution in [0.15, 0.2) is 18.2 Å². The molecule has 0 radical (unpaired) electrons. The predicted octanol–water partition coefficient (Wildman–Crippen LogP) is 1.97. The molecule has 1 aromatic carbocycles. The van der Waals surface area contributed by atoms with Gasteiger partial charge in [-0.15, -0.1) is 0 Å². The molecule has 6 heteroatoms. The molecule has 0 fully saturated rings. The van der Waals surface area contributed by atoms with Crippen molar-refractivity contribution < 1.29 is 19.2 Å². The molecule has 0 amide bonds. The predicted molar refractivity (Wildman–Crippen MR) is 78.1 cm³/mol. The topological polar surface area (TPSA) is 49.7 Å². The van der Waals surface area contributed by atoms with Crippen LogP contribution in [0.25, 0.3) is 0 Å². The van der Waals surface area contributed by atoms with Crippen LogP contribution in [0.4, 0.5) is 4.39 Å². The summed E-state index contributed by atoms with van der Waals surface area (Å²) in [6, 6.07) is 4.44. The van der Waals surface area contributed by atoms with Crippen molar-refractivity contribution in [2.24, 2.45) is 0 Å². The summed E-state index contributed by atoms with van der Waals surface area (Å²) < 4.78 is 19.1. The third kappa shape index (κ3) is 3.78. The number of benzene rings is 1. The third-order valence-electron chi connectivity index (χ3n) is 3.43. The van der Waals surface area contributed by atoms with Crippen LogP contribution in [0, 0.1) is 5.82 Å². The molecule has 19 heavy (non-hydrogen) atoms. The Kier molecular flexibility index (Phi) is 5.18. The van der Waals surface area contributed by atoms with E-state index < -0.39 is 24.1 Å². The molecule has 3 nitrogen and oxygen atoms in total. The summed E-state index contributed by atoms with van der Waals surface area (Å²) in [5, 5.41) is 20.4. The van der Waals surface area contributed by atoms with Crippen LogP contribution in [-0.4, -0.2) is 28.5 Å². The molecule has 1 rings (SSSR count). The lowest BCUT2D eigenvalue weighted by atomic mass is 9.74. The molecule has 0 atom stereocenters. The lowest BCUT2D eigenvalue weighted by Gasteiger charge is -2.38. The fourth-order valence-electron chi connectivity index (χ4n) is 1.43. The summed E-state index contributed by atoms with van der Waals surface area (Å²) in [7, 11) is -1.30. The zero-order valence-corrected chi connectivity index (χ0v) is 13.2. The summed E-state index contributed by atoms with van der Waals surface area (Å²) in [6.07, 6.45) is 0. The van der Waals surface area contributed by atoms with Crippen LogP contribution in [-0.2, 0) is 9.98 Å². The first-order valence-corrected chi connectivity index (χ1v) is 7.14. The maximum absolute atomic E-state index is 13.6. The highest BCUT2D eigenvalue weighted by Crippen LogP contribution is 2.25. The second kappa shape index (κ2) is 5.91. The van der Waals surface area contributed by atoms with Crippen molar-refractivity contribution in [1.29, 1.82) is 0 Å². The smallest absolute Gasteiger partial charge is 0.423 e. The molecule has 0 aliphatic heterocycles. The van der Waals surface area contributed by atoms with E-state index in [9.17, 15) is 14.5 Å². The SMILES string of the molecule is CC(C)(O)C(C)(C)OB(O)c1cccc(F)c1CBr. The molecule has 0 aliphatic rings. The van der Waals surface area contributed by atoms with E-state index in [4.69, 9.17) is 4.65 Å². The molecule has 0 saturated carbocycles. The van der Waals surface area contributed by atoms with Gasteiger partial charge in [0.15, 0.2) is 0 Å². The van der Waals surface area contributed by atoms with E-state index in [2.05, 4.69) is 15.9 Å². The number of rotatable bonds is 5. The van der Waals surface area contributed by atoms with Gasteiger partial charge in [-0.3, -0.25) is 0 Å². The molecular formula is C13H19BBrFO3. The lowest BCUT2D eigenvalue weighted by Crippen LogP contribution is -2.53.